The van der Waals surface area contributed by atoms with Gasteiger partial charge in [0.15, 0.2) is 0 Å². The van der Waals surface area contributed by atoms with E-state index in [0.29, 0.717) is 12.0 Å². The van der Waals surface area contributed by atoms with Crippen LogP contribution in [0.3, 0.4) is 0 Å². The number of aryl methyl sites for hydroxylation is 2. The SMILES string of the molecule is CCCCCCCc1cc2c(CCCCCCC)cccc2cc1S(=O)(=O)[O-].[K+]. The van der Waals surface area contributed by atoms with Gasteiger partial charge in [-0.3, -0.25) is 0 Å². The van der Waals surface area contributed by atoms with Crippen LogP contribution < -0.4 is 51.4 Å². The van der Waals surface area contributed by atoms with Crippen LogP contribution in [0.2, 0.25) is 0 Å². The Bertz CT molecular complexity index is 847. The van der Waals surface area contributed by atoms with E-state index >= 15 is 0 Å². The van der Waals surface area contributed by atoms with E-state index in [9.17, 15) is 13.0 Å². The number of rotatable bonds is 13. The fourth-order valence-corrected chi connectivity index (χ4v) is 4.65. The molecule has 0 saturated heterocycles. The van der Waals surface area contributed by atoms with E-state index in [2.05, 4.69) is 19.9 Å². The second-order valence-electron chi connectivity index (χ2n) is 7.88. The van der Waals surface area contributed by atoms with Gasteiger partial charge in [-0.25, -0.2) is 8.42 Å². The monoisotopic (exact) mass is 442 g/mol. The van der Waals surface area contributed by atoms with Crippen molar-refractivity contribution in [1.29, 1.82) is 0 Å². The van der Waals surface area contributed by atoms with Gasteiger partial charge in [-0.15, -0.1) is 0 Å². The van der Waals surface area contributed by atoms with E-state index in [0.717, 1.165) is 42.9 Å². The predicted octanol–water partition coefficient (Wildman–Crippen LogP) is 3.77. The van der Waals surface area contributed by atoms with Crippen molar-refractivity contribution >= 4 is 20.9 Å². The van der Waals surface area contributed by atoms with Gasteiger partial charge in [-0.05, 0) is 59.7 Å². The molecule has 2 aromatic rings. The van der Waals surface area contributed by atoms with Gasteiger partial charge in [0.25, 0.3) is 0 Å². The van der Waals surface area contributed by atoms with Crippen LogP contribution >= 0.6 is 0 Å². The fraction of sp³-hybridized carbons (Fsp3) is 0.583. The fourth-order valence-electron chi connectivity index (χ4n) is 3.90. The van der Waals surface area contributed by atoms with Crippen LogP contribution in [0.5, 0.6) is 0 Å². The molecule has 2 rings (SSSR count). The molecule has 0 unspecified atom stereocenters. The van der Waals surface area contributed by atoms with Crippen LogP contribution in [0.25, 0.3) is 10.8 Å². The Balaban J connectivity index is 0.00000420. The molecule has 0 atom stereocenters. The van der Waals surface area contributed by atoms with Crippen molar-refractivity contribution < 1.29 is 64.4 Å². The molecule has 0 aliphatic rings. The summed E-state index contributed by atoms with van der Waals surface area (Å²) in [4.78, 5) is -0.0319. The van der Waals surface area contributed by atoms with Gasteiger partial charge in [0.1, 0.15) is 10.1 Å². The van der Waals surface area contributed by atoms with E-state index in [4.69, 9.17) is 0 Å². The van der Waals surface area contributed by atoms with E-state index < -0.39 is 10.1 Å². The van der Waals surface area contributed by atoms with Gasteiger partial charge in [-0.1, -0.05) is 83.4 Å². The maximum absolute atomic E-state index is 11.8. The summed E-state index contributed by atoms with van der Waals surface area (Å²) in [5.74, 6) is 0. The molecule has 0 radical (unpaired) electrons. The first-order valence-electron chi connectivity index (χ1n) is 11.0. The molecule has 0 spiro atoms. The molecule has 3 nitrogen and oxygen atoms in total. The third-order valence-electron chi connectivity index (χ3n) is 5.52. The first-order chi connectivity index (χ1) is 13.5. The zero-order chi connectivity index (χ0) is 20.4. The predicted molar refractivity (Wildman–Crippen MR) is 117 cm³/mol. The van der Waals surface area contributed by atoms with Crippen LogP contribution in [-0.4, -0.2) is 13.0 Å². The number of fused-ring (bicyclic) bond motifs is 1. The number of hydrogen-bond donors (Lipinski definition) is 0. The molecule has 2 aromatic carbocycles. The van der Waals surface area contributed by atoms with Crippen molar-refractivity contribution in [2.75, 3.05) is 0 Å². The Morgan fingerprint density at radius 1 is 0.759 bits per heavy atom. The van der Waals surface area contributed by atoms with Gasteiger partial charge < -0.3 is 4.55 Å². The van der Waals surface area contributed by atoms with E-state index in [-0.39, 0.29) is 56.3 Å². The summed E-state index contributed by atoms with van der Waals surface area (Å²) in [5, 5.41) is 1.96. The van der Waals surface area contributed by atoms with E-state index in [1.807, 2.05) is 18.2 Å². The standard InChI is InChI=1S/C24H36O3S.K/c1-3-5-7-9-11-14-20-16-13-17-21-19-24(28(25,26)27)22(18-23(20)21)15-12-10-8-6-4-2;/h13,16-19H,3-12,14-15H2,1-2H3,(H,25,26,27);/q;+1/p-1. The van der Waals surface area contributed by atoms with Crippen LogP contribution in [0, 0.1) is 0 Å². The van der Waals surface area contributed by atoms with Crippen molar-refractivity contribution in [3.05, 3.63) is 41.5 Å². The minimum atomic E-state index is -4.46. The molecule has 0 aromatic heterocycles. The summed E-state index contributed by atoms with van der Waals surface area (Å²) >= 11 is 0. The summed E-state index contributed by atoms with van der Waals surface area (Å²) in [6.07, 6.45) is 13.3. The van der Waals surface area contributed by atoms with Crippen molar-refractivity contribution in [1.82, 2.24) is 0 Å². The molecule has 0 heterocycles. The molecule has 0 N–H and O–H groups in total. The van der Waals surface area contributed by atoms with Crippen molar-refractivity contribution in [2.45, 2.75) is 95.8 Å². The van der Waals surface area contributed by atoms with Crippen molar-refractivity contribution in [2.24, 2.45) is 0 Å². The van der Waals surface area contributed by atoms with Gasteiger partial charge in [0.05, 0.1) is 4.90 Å². The van der Waals surface area contributed by atoms with Gasteiger partial charge >= 0.3 is 51.4 Å². The molecule has 29 heavy (non-hydrogen) atoms. The molecule has 0 bridgehead atoms. The Kier molecular flexibility index (Phi) is 13.5. The number of unbranched alkanes of at least 4 members (excludes halogenated alkanes) is 8. The van der Waals surface area contributed by atoms with E-state index in [1.165, 1.54) is 44.1 Å². The first-order valence-corrected chi connectivity index (χ1v) is 12.4. The molecular weight excluding hydrogens is 407 g/mol. The average Bonchev–Trinajstić information content (AvgIpc) is 2.66. The zero-order valence-corrected chi connectivity index (χ0v) is 22.4. The number of hydrogen-bond acceptors (Lipinski definition) is 3. The molecular formula is C24H35KO3S. The molecule has 0 aliphatic heterocycles. The second-order valence-corrected chi connectivity index (χ2v) is 9.23. The summed E-state index contributed by atoms with van der Waals surface area (Å²) in [7, 11) is -4.46. The zero-order valence-electron chi connectivity index (χ0n) is 18.5. The minimum Gasteiger partial charge on any atom is -0.744 e. The smallest absolute Gasteiger partial charge is 0.744 e. The van der Waals surface area contributed by atoms with Crippen LogP contribution in [-0.2, 0) is 23.0 Å². The van der Waals surface area contributed by atoms with Gasteiger partial charge in [0, 0.05) is 0 Å². The second kappa shape index (κ2) is 14.3. The summed E-state index contributed by atoms with van der Waals surface area (Å²) in [6, 6.07) is 9.59. The molecule has 0 aliphatic carbocycles. The molecule has 0 amide bonds. The normalized spacial score (nSPS) is 11.6. The maximum atomic E-state index is 11.8. The molecule has 0 fully saturated rings. The van der Waals surface area contributed by atoms with Gasteiger partial charge in [0.2, 0.25) is 0 Å². The Morgan fingerprint density at radius 3 is 1.86 bits per heavy atom. The number of benzene rings is 2. The molecule has 156 valence electrons. The minimum absolute atomic E-state index is 0. The summed E-state index contributed by atoms with van der Waals surface area (Å²) in [5.41, 5.74) is 1.95. The Hall–Kier alpha value is 0.246. The summed E-state index contributed by atoms with van der Waals surface area (Å²) in [6.45, 7) is 4.39. The Morgan fingerprint density at radius 2 is 1.31 bits per heavy atom. The van der Waals surface area contributed by atoms with Crippen LogP contribution in [0.1, 0.15) is 89.2 Å². The molecule has 5 heteroatoms. The largest absolute Gasteiger partial charge is 1.00 e. The Labute approximate surface area is 220 Å². The van der Waals surface area contributed by atoms with Crippen LogP contribution in [0.4, 0.5) is 0 Å². The quantitative estimate of drug-likeness (QED) is 0.269. The third kappa shape index (κ3) is 9.10. The van der Waals surface area contributed by atoms with Crippen molar-refractivity contribution in [3.63, 3.8) is 0 Å². The van der Waals surface area contributed by atoms with E-state index in [1.54, 1.807) is 6.07 Å². The first kappa shape index (κ1) is 27.3. The van der Waals surface area contributed by atoms with Crippen LogP contribution in [0.15, 0.2) is 35.2 Å². The topological polar surface area (TPSA) is 57.2 Å². The third-order valence-corrected chi connectivity index (χ3v) is 6.44. The maximum Gasteiger partial charge on any atom is 1.00 e. The molecule has 0 saturated carbocycles. The van der Waals surface area contributed by atoms with Crippen molar-refractivity contribution in [3.8, 4) is 0 Å². The van der Waals surface area contributed by atoms with Gasteiger partial charge in [-0.2, -0.15) is 0 Å². The summed E-state index contributed by atoms with van der Waals surface area (Å²) < 4.78 is 35.5. The average molecular weight is 443 g/mol.